The summed E-state index contributed by atoms with van der Waals surface area (Å²) in [5.41, 5.74) is 11.9. The number of nitrogens with two attached hydrogens (primary N) is 1. The zero-order valence-electron chi connectivity index (χ0n) is 14.1. The number of aromatic nitrogens is 1. The maximum Gasteiger partial charge on any atom is 0.251 e. The summed E-state index contributed by atoms with van der Waals surface area (Å²) in [7, 11) is 0. The quantitative estimate of drug-likeness (QED) is 0.852. The third kappa shape index (κ3) is 2.94. The van der Waals surface area contributed by atoms with Crippen molar-refractivity contribution in [1.29, 1.82) is 0 Å². The van der Waals surface area contributed by atoms with Crippen LogP contribution in [0.4, 0.5) is 0 Å². The van der Waals surface area contributed by atoms with E-state index in [0.717, 1.165) is 42.6 Å². The van der Waals surface area contributed by atoms with E-state index in [2.05, 4.69) is 49.6 Å². The van der Waals surface area contributed by atoms with Gasteiger partial charge in [-0.05, 0) is 32.3 Å². The molecule has 118 valence electrons. The van der Waals surface area contributed by atoms with E-state index in [-0.39, 0.29) is 5.91 Å². The molecule has 0 fully saturated rings. The summed E-state index contributed by atoms with van der Waals surface area (Å²) < 4.78 is 2.28. The Morgan fingerprint density at radius 2 is 1.77 bits per heavy atom. The van der Waals surface area contributed by atoms with Gasteiger partial charge >= 0.3 is 0 Å². The van der Waals surface area contributed by atoms with Crippen molar-refractivity contribution >= 4 is 5.91 Å². The van der Waals surface area contributed by atoms with Gasteiger partial charge in [0.1, 0.15) is 0 Å². The zero-order valence-corrected chi connectivity index (χ0v) is 14.1. The standard InChI is InChI=1S/C19H26N2O/c1-5-7-12-21-14(4)17(19(20)22)18(16(21)6-2)15-10-8-13(3)9-11-15/h8-11H,5-7,12H2,1-4H3,(H2,20,22). The lowest BCUT2D eigenvalue weighted by Gasteiger charge is -2.11. The molecular weight excluding hydrogens is 272 g/mol. The average Bonchev–Trinajstić information content (AvgIpc) is 2.78. The molecule has 0 aliphatic heterocycles. The minimum absolute atomic E-state index is 0.335. The van der Waals surface area contributed by atoms with E-state index >= 15 is 0 Å². The second kappa shape index (κ2) is 6.82. The molecule has 0 unspecified atom stereocenters. The van der Waals surface area contributed by atoms with Crippen molar-refractivity contribution in [3.05, 3.63) is 46.8 Å². The first-order chi connectivity index (χ1) is 10.5. The molecule has 0 aliphatic rings. The molecule has 0 radical (unpaired) electrons. The van der Waals surface area contributed by atoms with Crippen LogP contribution in [0.3, 0.4) is 0 Å². The maximum absolute atomic E-state index is 12.0. The van der Waals surface area contributed by atoms with Crippen LogP contribution < -0.4 is 5.73 Å². The SMILES string of the molecule is CCCCn1c(C)c(C(N)=O)c(-c2ccc(C)cc2)c1CC. The van der Waals surface area contributed by atoms with Gasteiger partial charge < -0.3 is 10.3 Å². The molecule has 0 atom stereocenters. The highest BCUT2D eigenvalue weighted by Crippen LogP contribution is 2.33. The van der Waals surface area contributed by atoms with Gasteiger partial charge in [0.2, 0.25) is 0 Å². The van der Waals surface area contributed by atoms with Gasteiger partial charge in [0, 0.05) is 23.5 Å². The van der Waals surface area contributed by atoms with Crippen molar-refractivity contribution in [2.45, 2.75) is 53.5 Å². The number of carbonyl (C=O) groups is 1. The normalized spacial score (nSPS) is 10.9. The topological polar surface area (TPSA) is 48.0 Å². The van der Waals surface area contributed by atoms with Gasteiger partial charge in [0.25, 0.3) is 5.91 Å². The predicted octanol–water partition coefficient (Wildman–Crippen LogP) is 4.23. The van der Waals surface area contributed by atoms with Gasteiger partial charge in [-0.15, -0.1) is 0 Å². The molecule has 0 spiro atoms. The molecule has 0 aliphatic carbocycles. The van der Waals surface area contributed by atoms with E-state index < -0.39 is 0 Å². The van der Waals surface area contributed by atoms with Gasteiger partial charge in [-0.1, -0.05) is 50.1 Å². The highest BCUT2D eigenvalue weighted by atomic mass is 16.1. The van der Waals surface area contributed by atoms with Crippen molar-refractivity contribution < 1.29 is 4.79 Å². The van der Waals surface area contributed by atoms with Gasteiger partial charge in [-0.2, -0.15) is 0 Å². The fourth-order valence-corrected chi connectivity index (χ4v) is 3.12. The Balaban J connectivity index is 2.69. The molecule has 0 saturated carbocycles. The van der Waals surface area contributed by atoms with Crippen LogP contribution in [0.15, 0.2) is 24.3 Å². The number of primary amides is 1. The Bertz CT molecular complexity index is 666. The van der Waals surface area contributed by atoms with Crippen LogP contribution in [0, 0.1) is 13.8 Å². The van der Waals surface area contributed by atoms with Crippen molar-refractivity contribution in [1.82, 2.24) is 4.57 Å². The van der Waals surface area contributed by atoms with Crippen molar-refractivity contribution in [2.24, 2.45) is 5.73 Å². The van der Waals surface area contributed by atoms with Gasteiger partial charge in [-0.3, -0.25) is 4.79 Å². The molecule has 1 aromatic heterocycles. The summed E-state index contributed by atoms with van der Waals surface area (Å²) in [6.07, 6.45) is 3.13. The minimum atomic E-state index is -0.335. The lowest BCUT2D eigenvalue weighted by Crippen LogP contribution is -2.13. The smallest absolute Gasteiger partial charge is 0.251 e. The van der Waals surface area contributed by atoms with Crippen LogP contribution in [-0.4, -0.2) is 10.5 Å². The molecule has 0 saturated heterocycles. The molecule has 3 heteroatoms. The molecule has 3 nitrogen and oxygen atoms in total. The number of amides is 1. The molecule has 2 aromatic rings. The number of hydrogen-bond acceptors (Lipinski definition) is 1. The summed E-state index contributed by atoms with van der Waals surface area (Å²) in [5.74, 6) is -0.335. The van der Waals surface area contributed by atoms with Crippen LogP contribution >= 0.6 is 0 Å². The number of unbranched alkanes of at least 4 members (excludes halogenated alkanes) is 1. The molecule has 1 heterocycles. The molecule has 2 rings (SSSR count). The largest absolute Gasteiger partial charge is 0.366 e. The summed E-state index contributed by atoms with van der Waals surface area (Å²) in [6.45, 7) is 9.33. The Morgan fingerprint density at radius 1 is 1.14 bits per heavy atom. The highest BCUT2D eigenvalue weighted by Gasteiger charge is 2.23. The number of rotatable bonds is 6. The maximum atomic E-state index is 12.0. The third-order valence-electron chi connectivity index (χ3n) is 4.29. The number of carbonyl (C=O) groups excluding carboxylic acids is 1. The monoisotopic (exact) mass is 298 g/mol. The third-order valence-corrected chi connectivity index (χ3v) is 4.29. The fraction of sp³-hybridized carbons (Fsp3) is 0.421. The summed E-state index contributed by atoms with van der Waals surface area (Å²) in [4.78, 5) is 12.0. The first-order valence-corrected chi connectivity index (χ1v) is 8.10. The molecule has 1 aromatic carbocycles. The highest BCUT2D eigenvalue weighted by molar-refractivity contribution is 6.02. The number of aryl methyl sites for hydroxylation is 1. The zero-order chi connectivity index (χ0) is 16.3. The molecular formula is C19H26N2O. The van der Waals surface area contributed by atoms with Gasteiger partial charge in [0.05, 0.1) is 5.56 Å². The Morgan fingerprint density at radius 3 is 2.27 bits per heavy atom. The van der Waals surface area contributed by atoms with Crippen LogP contribution in [-0.2, 0) is 13.0 Å². The summed E-state index contributed by atoms with van der Waals surface area (Å²) >= 11 is 0. The van der Waals surface area contributed by atoms with Crippen LogP contribution in [0.1, 0.15) is 54.0 Å². The van der Waals surface area contributed by atoms with E-state index in [1.165, 1.54) is 11.3 Å². The van der Waals surface area contributed by atoms with E-state index in [0.29, 0.717) is 5.56 Å². The number of nitrogens with zero attached hydrogens (tertiary/aromatic N) is 1. The average molecular weight is 298 g/mol. The van der Waals surface area contributed by atoms with Crippen LogP contribution in [0.2, 0.25) is 0 Å². The van der Waals surface area contributed by atoms with E-state index in [4.69, 9.17) is 5.73 Å². The predicted molar refractivity (Wildman–Crippen MR) is 92.1 cm³/mol. The van der Waals surface area contributed by atoms with E-state index in [1.807, 2.05) is 6.92 Å². The first-order valence-electron chi connectivity index (χ1n) is 8.10. The number of benzene rings is 1. The molecule has 1 amide bonds. The Hall–Kier alpha value is -2.03. The van der Waals surface area contributed by atoms with Gasteiger partial charge in [0.15, 0.2) is 0 Å². The lowest BCUT2D eigenvalue weighted by atomic mass is 9.98. The second-order valence-corrected chi connectivity index (χ2v) is 5.87. The van der Waals surface area contributed by atoms with Crippen LogP contribution in [0.25, 0.3) is 11.1 Å². The number of hydrogen-bond donors (Lipinski definition) is 1. The first kappa shape index (κ1) is 16.3. The van der Waals surface area contributed by atoms with Crippen molar-refractivity contribution in [2.75, 3.05) is 0 Å². The van der Waals surface area contributed by atoms with Crippen LogP contribution in [0.5, 0.6) is 0 Å². The lowest BCUT2D eigenvalue weighted by molar-refractivity contribution is 0.1000. The summed E-state index contributed by atoms with van der Waals surface area (Å²) in [5, 5.41) is 0. The second-order valence-electron chi connectivity index (χ2n) is 5.87. The minimum Gasteiger partial charge on any atom is -0.366 e. The van der Waals surface area contributed by atoms with E-state index in [9.17, 15) is 4.79 Å². The van der Waals surface area contributed by atoms with E-state index in [1.54, 1.807) is 0 Å². The fourth-order valence-electron chi connectivity index (χ4n) is 3.12. The van der Waals surface area contributed by atoms with Crippen molar-refractivity contribution in [3.8, 4) is 11.1 Å². The molecule has 22 heavy (non-hydrogen) atoms. The molecule has 0 bridgehead atoms. The molecule has 2 N–H and O–H groups in total. The van der Waals surface area contributed by atoms with Gasteiger partial charge in [-0.25, -0.2) is 0 Å². The Kier molecular flexibility index (Phi) is 5.07. The summed E-state index contributed by atoms with van der Waals surface area (Å²) in [6, 6.07) is 8.33. The van der Waals surface area contributed by atoms with Crippen molar-refractivity contribution in [3.63, 3.8) is 0 Å². The Labute approximate surface area is 133 Å².